The summed E-state index contributed by atoms with van der Waals surface area (Å²) in [4.78, 5) is 16.4. The summed E-state index contributed by atoms with van der Waals surface area (Å²) in [6, 6.07) is 0. The van der Waals surface area contributed by atoms with Crippen LogP contribution in [0.2, 0.25) is 0 Å². The van der Waals surface area contributed by atoms with E-state index in [1.54, 1.807) is 0 Å². The molecule has 86 valence electrons. The number of carbonyl (C=O) groups excluding carboxylic acids is 1. The maximum Gasteiger partial charge on any atom is 0.222 e. The quantitative estimate of drug-likeness (QED) is 0.702. The molecule has 0 radical (unpaired) electrons. The zero-order valence-electron chi connectivity index (χ0n) is 9.74. The van der Waals surface area contributed by atoms with Crippen LogP contribution in [0.15, 0.2) is 0 Å². The molecule has 3 heteroatoms. The number of hydrogen-bond donors (Lipinski definition) is 0. The summed E-state index contributed by atoms with van der Waals surface area (Å²) in [6.07, 6.45) is 4.51. The van der Waals surface area contributed by atoms with E-state index in [0.29, 0.717) is 5.91 Å². The highest BCUT2D eigenvalue weighted by Crippen LogP contribution is 2.32. The summed E-state index contributed by atoms with van der Waals surface area (Å²) in [5.74, 6) is 1.12. The van der Waals surface area contributed by atoms with E-state index in [1.165, 1.54) is 12.8 Å². The Morgan fingerprint density at radius 3 is 2.67 bits per heavy atom. The van der Waals surface area contributed by atoms with E-state index in [0.717, 1.165) is 51.5 Å². The highest BCUT2D eigenvalue weighted by molar-refractivity contribution is 5.76. The average Bonchev–Trinajstić information content (AvgIpc) is 3.02. The molecule has 1 saturated heterocycles. The van der Waals surface area contributed by atoms with Gasteiger partial charge in [-0.25, -0.2) is 0 Å². The molecule has 1 saturated carbocycles. The van der Waals surface area contributed by atoms with Crippen LogP contribution in [0.5, 0.6) is 0 Å². The largest absolute Gasteiger partial charge is 0.341 e. The molecule has 0 bridgehead atoms. The van der Waals surface area contributed by atoms with Gasteiger partial charge in [0.05, 0.1) is 0 Å². The topological polar surface area (TPSA) is 23.6 Å². The van der Waals surface area contributed by atoms with E-state index in [4.69, 9.17) is 0 Å². The molecule has 1 heterocycles. The van der Waals surface area contributed by atoms with Crippen molar-refractivity contribution in [2.24, 2.45) is 5.92 Å². The Bertz CT molecular complexity index is 226. The van der Waals surface area contributed by atoms with Gasteiger partial charge in [-0.05, 0) is 38.3 Å². The summed E-state index contributed by atoms with van der Waals surface area (Å²) >= 11 is 0. The van der Waals surface area contributed by atoms with Crippen LogP contribution in [0, 0.1) is 5.92 Å². The van der Waals surface area contributed by atoms with Crippen LogP contribution in [-0.2, 0) is 4.79 Å². The molecule has 2 rings (SSSR count). The fourth-order valence-electron chi connectivity index (χ4n) is 2.23. The Balaban J connectivity index is 1.78. The molecule has 2 aliphatic rings. The molecule has 1 amide bonds. The van der Waals surface area contributed by atoms with Crippen LogP contribution in [0.4, 0.5) is 0 Å². The zero-order valence-corrected chi connectivity index (χ0v) is 9.74. The number of likely N-dealkylation sites (N-methyl/N-ethyl adjacent to an activating group) is 1. The first kappa shape index (κ1) is 10.9. The van der Waals surface area contributed by atoms with Gasteiger partial charge in [-0.3, -0.25) is 4.79 Å². The predicted octanol–water partition coefficient (Wildman–Crippen LogP) is 1.34. The van der Waals surface area contributed by atoms with Crippen molar-refractivity contribution in [3.05, 3.63) is 0 Å². The van der Waals surface area contributed by atoms with Crippen LogP contribution < -0.4 is 0 Å². The van der Waals surface area contributed by atoms with Gasteiger partial charge in [0, 0.05) is 26.1 Å². The minimum Gasteiger partial charge on any atom is -0.341 e. The maximum absolute atomic E-state index is 11.9. The Labute approximate surface area is 92.4 Å². The second-order valence-corrected chi connectivity index (χ2v) is 4.82. The van der Waals surface area contributed by atoms with E-state index in [1.807, 2.05) is 0 Å². The Hall–Kier alpha value is -0.570. The van der Waals surface area contributed by atoms with Crippen molar-refractivity contribution >= 4 is 5.91 Å². The minimum absolute atomic E-state index is 0.399. The minimum atomic E-state index is 0.399. The molecule has 3 nitrogen and oxygen atoms in total. The molecule has 0 spiro atoms. The number of nitrogens with zero attached hydrogens (tertiary/aromatic N) is 2. The molecule has 15 heavy (non-hydrogen) atoms. The first-order chi connectivity index (χ1) is 7.29. The van der Waals surface area contributed by atoms with Crippen molar-refractivity contribution < 1.29 is 4.79 Å². The standard InChI is InChI=1S/C12H22N2O/c1-2-13-6-3-7-14(9-8-13)12(15)10-11-4-5-11/h11H,2-10H2,1H3. The summed E-state index contributed by atoms with van der Waals surface area (Å²) < 4.78 is 0. The third-order valence-electron chi connectivity index (χ3n) is 3.55. The van der Waals surface area contributed by atoms with E-state index in [9.17, 15) is 4.79 Å². The lowest BCUT2D eigenvalue weighted by Gasteiger charge is -2.21. The SMILES string of the molecule is CCN1CCCN(C(=O)CC2CC2)CC1. The first-order valence-electron chi connectivity index (χ1n) is 6.29. The van der Waals surface area contributed by atoms with Crippen LogP contribution in [0.3, 0.4) is 0 Å². The third-order valence-corrected chi connectivity index (χ3v) is 3.55. The smallest absolute Gasteiger partial charge is 0.222 e. The van der Waals surface area contributed by atoms with Gasteiger partial charge in [-0.1, -0.05) is 6.92 Å². The van der Waals surface area contributed by atoms with Crippen LogP contribution >= 0.6 is 0 Å². The zero-order chi connectivity index (χ0) is 10.7. The molecule has 1 aliphatic carbocycles. The molecule has 0 aromatic rings. The molecular formula is C12H22N2O. The average molecular weight is 210 g/mol. The lowest BCUT2D eigenvalue weighted by atomic mass is 10.2. The molecule has 0 N–H and O–H groups in total. The Kier molecular flexibility index (Phi) is 3.62. The Morgan fingerprint density at radius 2 is 2.00 bits per heavy atom. The van der Waals surface area contributed by atoms with Crippen molar-refractivity contribution in [1.29, 1.82) is 0 Å². The summed E-state index contributed by atoms with van der Waals surface area (Å²) in [5, 5.41) is 0. The second kappa shape index (κ2) is 4.97. The molecule has 2 fully saturated rings. The van der Waals surface area contributed by atoms with E-state index in [2.05, 4.69) is 16.7 Å². The molecular weight excluding hydrogens is 188 g/mol. The second-order valence-electron chi connectivity index (χ2n) is 4.82. The van der Waals surface area contributed by atoms with Crippen LogP contribution in [0.25, 0.3) is 0 Å². The predicted molar refractivity (Wildman–Crippen MR) is 60.7 cm³/mol. The summed E-state index contributed by atoms with van der Waals surface area (Å²) in [5.41, 5.74) is 0. The molecule has 0 aromatic carbocycles. The number of carbonyl (C=O) groups is 1. The van der Waals surface area contributed by atoms with Crippen molar-refractivity contribution in [1.82, 2.24) is 9.80 Å². The number of rotatable bonds is 3. The fraction of sp³-hybridized carbons (Fsp3) is 0.917. The highest BCUT2D eigenvalue weighted by atomic mass is 16.2. The van der Waals surface area contributed by atoms with E-state index >= 15 is 0 Å². The van der Waals surface area contributed by atoms with Crippen molar-refractivity contribution in [3.8, 4) is 0 Å². The third kappa shape index (κ3) is 3.20. The lowest BCUT2D eigenvalue weighted by molar-refractivity contribution is -0.131. The lowest BCUT2D eigenvalue weighted by Crippen LogP contribution is -2.35. The molecule has 0 atom stereocenters. The van der Waals surface area contributed by atoms with Crippen LogP contribution in [-0.4, -0.2) is 48.4 Å². The molecule has 0 aromatic heterocycles. The fourth-order valence-corrected chi connectivity index (χ4v) is 2.23. The molecule has 1 aliphatic heterocycles. The van der Waals surface area contributed by atoms with Crippen molar-refractivity contribution in [2.45, 2.75) is 32.6 Å². The number of hydrogen-bond acceptors (Lipinski definition) is 2. The van der Waals surface area contributed by atoms with Gasteiger partial charge < -0.3 is 9.80 Å². The van der Waals surface area contributed by atoms with Gasteiger partial charge in [0.1, 0.15) is 0 Å². The summed E-state index contributed by atoms with van der Waals surface area (Å²) in [6.45, 7) is 7.45. The van der Waals surface area contributed by atoms with Crippen molar-refractivity contribution in [2.75, 3.05) is 32.7 Å². The van der Waals surface area contributed by atoms with Crippen LogP contribution in [0.1, 0.15) is 32.6 Å². The Morgan fingerprint density at radius 1 is 1.20 bits per heavy atom. The normalized spacial score (nSPS) is 23.9. The molecule has 0 unspecified atom stereocenters. The van der Waals surface area contributed by atoms with Crippen molar-refractivity contribution in [3.63, 3.8) is 0 Å². The van der Waals surface area contributed by atoms with Gasteiger partial charge in [-0.15, -0.1) is 0 Å². The van der Waals surface area contributed by atoms with E-state index in [-0.39, 0.29) is 0 Å². The van der Waals surface area contributed by atoms with E-state index < -0.39 is 0 Å². The highest BCUT2D eigenvalue weighted by Gasteiger charge is 2.27. The number of amides is 1. The first-order valence-corrected chi connectivity index (χ1v) is 6.29. The van der Waals surface area contributed by atoms with Gasteiger partial charge in [0.2, 0.25) is 5.91 Å². The van der Waals surface area contributed by atoms with Gasteiger partial charge in [0.15, 0.2) is 0 Å². The van der Waals surface area contributed by atoms with Gasteiger partial charge in [-0.2, -0.15) is 0 Å². The van der Waals surface area contributed by atoms with Gasteiger partial charge in [0.25, 0.3) is 0 Å². The summed E-state index contributed by atoms with van der Waals surface area (Å²) in [7, 11) is 0. The van der Waals surface area contributed by atoms with Gasteiger partial charge >= 0.3 is 0 Å². The maximum atomic E-state index is 11.9. The monoisotopic (exact) mass is 210 g/mol.